The standard InChI is InChI=1S/C35H53N5O14/c1-3-22-23(10-9-20-15-40(12-14-42)16-24(30(45)46)27(20)39-34(36)38-11-6-13-41)25(31(47)52-21-7-4-5-8-21)18-50-32(22)54-33-29(51-19-37-2)35(48,49)28(44)26(17-43)53-33/h3,9-10,15,18,21-23,26,28-29,32-33,37,41-44,48-49H,1,4-8,11-14,16-17,19H2,2H3,(H,45,46)(H3,36,38,39)/p+1. The monoisotopic (exact) mass is 768 g/mol. The van der Waals surface area contributed by atoms with Gasteiger partial charge >= 0.3 is 11.9 Å². The number of guanidine groups is 1. The van der Waals surface area contributed by atoms with Crippen molar-refractivity contribution in [2.24, 2.45) is 22.6 Å². The van der Waals surface area contributed by atoms with Crippen molar-refractivity contribution < 1.29 is 73.9 Å². The SMILES string of the molecule is C=CC1C(OC2OC(CO)C(O)C(O)(O)C2OCNC)OC=C(C(=O)OC2CCCC2)C1C=CC1=C[NH+](CCO)CC(C(=O)O)=C1NC(N)=NCCCO. The molecule has 2 fully saturated rings. The number of carbonyl (C=O) groups is 2. The average Bonchev–Trinajstić information content (AvgIpc) is 3.65. The molecule has 8 unspecified atom stereocenters. The van der Waals surface area contributed by atoms with Gasteiger partial charge in [-0.3, -0.25) is 10.3 Å². The zero-order valence-corrected chi connectivity index (χ0v) is 30.2. The first kappa shape index (κ1) is 43.0. The average molecular weight is 769 g/mol. The molecule has 0 amide bonds. The number of carboxylic acid groups (broad SMARTS) is 1. The summed E-state index contributed by atoms with van der Waals surface area (Å²) in [5, 5.41) is 76.7. The minimum Gasteiger partial charge on any atom is -0.478 e. The van der Waals surface area contributed by atoms with E-state index in [-0.39, 0.29) is 68.5 Å². The maximum absolute atomic E-state index is 13.7. The maximum Gasteiger partial charge on any atom is 0.339 e. The Morgan fingerprint density at radius 3 is 2.56 bits per heavy atom. The van der Waals surface area contributed by atoms with Crippen LogP contribution in [0.4, 0.5) is 0 Å². The lowest BCUT2D eigenvalue weighted by atomic mass is 9.83. The number of aliphatic carboxylic acids is 1. The van der Waals surface area contributed by atoms with Crippen LogP contribution in [0.5, 0.6) is 0 Å². The minimum absolute atomic E-state index is 0.000265. The van der Waals surface area contributed by atoms with Crippen molar-refractivity contribution in [3.05, 3.63) is 59.7 Å². The summed E-state index contributed by atoms with van der Waals surface area (Å²) in [5.41, 5.74) is 6.59. The van der Waals surface area contributed by atoms with E-state index in [0.717, 1.165) is 19.1 Å². The van der Waals surface area contributed by atoms with Gasteiger partial charge in [0.25, 0.3) is 0 Å². The minimum atomic E-state index is -2.94. The first-order valence-corrected chi connectivity index (χ1v) is 17.9. The van der Waals surface area contributed by atoms with Gasteiger partial charge in [0, 0.05) is 19.1 Å². The first-order chi connectivity index (χ1) is 25.9. The molecular weight excluding hydrogens is 714 g/mol. The van der Waals surface area contributed by atoms with Gasteiger partial charge in [0.05, 0.1) is 49.0 Å². The Bertz CT molecular complexity index is 1460. The molecule has 3 aliphatic heterocycles. The number of hydrogen-bond acceptors (Lipinski definition) is 15. The highest BCUT2D eigenvalue weighted by Gasteiger charge is 2.57. The van der Waals surface area contributed by atoms with Crippen LogP contribution in [0, 0.1) is 11.8 Å². The highest BCUT2D eigenvalue weighted by Crippen LogP contribution is 2.39. The summed E-state index contributed by atoms with van der Waals surface area (Å²) in [5.74, 6) is -6.75. The lowest BCUT2D eigenvalue weighted by molar-refractivity contribution is -0.843. The van der Waals surface area contributed by atoms with Gasteiger partial charge < -0.3 is 75.4 Å². The van der Waals surface area contributed by atoms with E-state index in [1.165, 1.54) is 13.1 Å². The first-order valence-electron chi connectivity index (χ1n) is 17.9. The number of allylic oxidation sites excluding steroid dienone is 2. The number of nitrogens with zero attached hydrogens (tertiary/aromatic N) is 1. The highest BCUT2D eigenvalue weighted by atomic mass is 16.8. The molecule has 0 bridgehead atoms. The van der Waals surface area contributed by atoms with Crippen LogP contribution in [-0.2, 0) is 33.3 Å². The van der Waals surface area contributed by atoms with Gasteiger partial charge in [-0.2, -0.15) is 0 Å². The van der Waals surface area contributed by atoms with Gasteiger partial charge in [-0.05, 0) is 39.2 Å². The molecule has 1 aliphatic carbocycles. The molecule has 54 heavy (non-hydrogen) atoms. The Morgan fingerprint density at radius 2 is 1.93 bits per heavy atom. The van der Waals surface area contributed by atoms with E-state index in [4.69, 9.17) is 34.5 Å². The van der Waals surface area contributed by atoms with Crippen LogP contribution in [0.15, 0.2) is 64.7 Å². The number of carbonyl (C=O) groups excluding carboxylic acids is 1. The number of nitrogens with two attached hydrogens (primary N) is 1. The van der Waals surface area contributed by atoms with Crippen molar-refractivity contribution in [1.82, 2.24) is 10.6 Å². The van der Waals surface area contributed by atoms with E-state index in [1.54, 1.807) is 18.4 Å². The van der Waals surface area contributed by atoms with Crippen molar-refractivity contribution in [2.45, 2.75) is 74.9 Å². The van der Waals surface area contributed by atoms with Crippen molar-refractivity contribution in [1.29, 1.82) is 0 Å². The number of aliphatic imine (C=N–C) groups is 1. The number of nitrogens with one attached hydrogen (secondary N) is 3. The van der Waals surface area contributed by atoms with Crippen LogP contribution >= 0.6 is 0 Å². The molecule has 1 saturated carbocycles. The summed E-state index contributed by atoms with van der Waals surface area (Å²) in [6.07, 6.45) is 2.59. The number of rotatable bonds is 18. The van der Waals surface area contributed by atoms with Gasteiger partial charge in [-0.1, -0.05) is 18.2 Å². The van der Waals surface area contributed by atoms with E-state index < -0.39 is 67.1 Å². The van der Waals surface area contributed by atoms with E-state index in [1.807, 2.05) is 0 Å². The lowest BCUT2D eigenvalue weighted by Crippen LogP contribution is -3.09. The van der Waals surface area contributed by atoms with Crippen LogP contribution in [0.2, 0.25) is 0 Å². The van der Waals surface area contributed by atoms with Gasteiger partial charge in [-0.15, -0.1) is 6.58 Å². The van der Waals surface area contributed by atoms with E-state index in [2.05, 4.69) is 22.2 Å². The number of aliphatic hydroxyl groups is 6. The zero-order valence-electron chi connectivity index (χ0n) is 30.2. The van der Waals surface area contributed by atoms with Crippen molar-refractivity contribution in [3.8, 4) is 0 Å². The van der Waals surface area contributed by atoms with E-state index in [0.29, 0.717) is 29.7 Å². The Balaban J connectivity index is 1.74. The number of quaternary nitrogens is 1. The van der Waals surface area contributed by atoms with E-state index in [9.17, 15) is 40.2 Å². The predicted molar refractivity (Wildman–Crippen MR) is 188 cm³/mol. The molecule has 0 aromatic rings. The Kier molecular flexibility index (Phi) is 16.1. The molecule has 8 atom stereocenters. The fourth-order valence-corrected chi connectivity index (χ4v) is 6.67. The largest absolute Gasteiger partial charge is 0.478 e. The lowest BCUT2D eigenvalue weighted by Gasteiger charge is -2.47. The number of ether oxygens (including phenoxy) is 5. The Morgan fingerprint density at radius 1 is 1.19 bits per heavy atom. The van der Waals surface area contributed by atoms with Crippen LogP contribution in [0.3, 0.4) is 0 Å². The van der Waals surface area contributed by atoms with Crippen LogP contribution < -0.4 is 21.3 Å². The van der Waals surface area contributed by atoms with Gasteiger partial charge in [-0.25, -0.2) is 9.59 Å². The topological polar surface area (TPSA) is 289 Å². The van der Waals surface area contributed by atoms with Crippen molar-refractivity contribution in [2.75, 3.05) is 53.2 Å². The van der Waals surface area contributed by atoms with E-state index >= 15 is 0 Å². The smallest absolute Gasteiger partial charge is 0.339 e. The van der Waals surface area contributed by atoms with Crippen molar-refractivity contribution in [3.63, 3.8) is 0 Å². The maximum atomic E-state index is 13.7. The fraction of sp³-hybridized carbons (Fsp3) is 0.629. The molecule has 0 aromatic carbocycles. The third kappa shape index (κ3) is 10.5. The second-order valence-electron chi connectivity index (χ2n) is 13.3. The third-order valence-corrected chi connectivity index (χ3v) is 9.50. The molecule has 3 heterocycles. The normalized spacial score (nSPS) is 30.5. The molecule has 0 aromatic heterocycles. The number of carboxylic acids is 1. The molecule has 4 rings (SSSR count). The number of esters is 1. The van der Waals surface area contributed by atoms with Gasteiger partial charge in [0.2, 0.25) is 12.1 Å². The molecular formula is C35H54N5O14+. The predicted octanol–water partition coefficient (Wildman–Crippen LogP) is -3.58. The summed E-state index contributed by atoms with van der Waals surface area (Å²) in [6, 6.07) is 0. The summed E-state index contributed by atoms with van der Waals surface area (Å²) >= 11 is 0. The van der Waals surface area contributed by atoms with Gasteiger partial charge in [0.15, 0.2) is 18.4 Å². The molecule has 4 aliphatic rings. The Labute approximate surface area is 312 Å². The summed E-state index contributed by atoms with van der Waals surface area (Å²) in [4.78, 5) is 31.0. The molecule has 0 radical (unpaired) electrons. The fourth-order valence-electron chi connectivity index (χ4n) is 6.67. The Hall–Kier alpha value is -3.73. The third-order valence-electron chi connectivity index (χ3n) is 9.50. The summed E-state index contributed by atoms with van der Waals surface area (Å²) < 4.78 is 29.1. The molecule has 1 saturated heterocycles. The summed E-state index contributed by atoms with van der Waals surface area (Å²) in [6.45, 7) is 2.94. The second-order valence-corrected chi connectivity index (χ2v) is 13.3. The number of aliphatic hydroxyl groups excluding tert-OH is 4. The zero-order chi connectivity index (χ0) is 39.4. The van der Waals surface area contributed by atoms with Crippen LogP contribution in [-0.4, -0.2) is 150 Å². The van der Waals surface area contributed by atoms with Crippen LogP contribution in [0.25, 0.3) is 0 Å². The quantitative estimate of drug-likeness (QED) is 0.0161. The molecule has 12 N–H and O–H groups in total. The molecule has 302 valence electrons. The molecule has 19 nitrogen and oxygen atoms in total. The second kappa shape index (κ2) is 20.3. The number of hydrogen-bond donors (Lipinski definition) is 11. The van der Waals surface area contributed by atoms with Gasteiger partial charge in [0.1, 0.15) is 43.2 Å². The van der Waals surface area contributed by atoms with Crippen molar-refractivity contribution >= 4 is 17.9 Å². The van der Waals surface area contributed by atoms with Crippen LogP contribution in [0.1, 0.15) is 32.1 Å². The summed E-state index contributed by atoms with van der Waals surface area (Å²) in [7, 11) is 1.54. The molecule has 19 heteroatoms. The molecule has 0 spiro atoms. The highest BCUT2D eigenvalue weighted by molar-refractivity contribution is 5.92.